The number of halogens is 1. The highest BCUT2D eigenvalue weighted by Gasteiger charge is 2.37. The van der Waals surface area contributed by atoms with Crippen LogP contribution in [0.15, 0.2) is 41.8 Å². The third kappa shape index (κ3) is 4.06. The van der Waals surface area contributed by atoms with E-state index < -0.39 is 25.1 Å². The molecular formula is C17H22ClN3O4S2. The van der Waals surface area contributed by atoms with Gasteiger partial charge >= 0.3 is 0 Å². The Bertz CT molecular complexity index is 1030. The van der Waals surface area contributed by atoms with Gasteiger partial charge in [-0.3, -0.25) is 0 Å². The van der Waals surface area contributed by atoms with E-state index in [2.05, 4.69) is 4.98 Å². The molecule has 0 spiro atoms. The van der Waals surface area contributed by atoms with Crippen molar-refractivity contribution in [3.8, 4) is 0 Å². The van der Waals surface area contributed by atoms with E-state index in [4.69, 9.17) is 11.6 Å². The van der Waals surface area contributed by atoms with Gasteiger partial charge in [-0.1, -0.05) is 29.8 Å². The molecule has 0 radical (unpaired) electrons. The predicted octanol–water partition coefficient (Wildman–Crippen LogP) is 2.67. The van der Waals surface area contributed by atoms with Gasteiger partial charge < -0.3 is 4.57 Å². The minimum absolute atomic E-state index is 0.0650. The van der Waals surface area contributed by atoms with E-state index in [1.807, 2.05) is 13.8 Å². The lowest BCUT2D eigenvalue weighted by Gasteiger charge is -2.18. The van der Waals surface area contributed by atoms with Crippen molar-refractivity contribution in [3.63, 3.8) is 0 Å². The molecule has 0 N–H and O–H groups in total. The number of sulfone groups is 1. The van der Waals surface area contributed by atoms with Crippen molar-refractivity contribution in [2.45, 2.75) is 36.6 Å². The van der Waals surface area contributed by atoms with Crippen LogP contribution in [0.4, 0.5) is 0 Å². The maximum atomic E-state index is 12.9. The average Bonchev–Trinajstić information content (AvgIpc) is 3.04. The first-order valence-electron chi connectivity index (χ1n) is 8.62. The lowest BCUT2D eigenvalue weighted by atomic mass is 10.1. The SMILES string of the molecule is CC(C)n1cnc(S(=O)(=O)N2CCC(c3ccccc3Cl)S(=O)(=O)CC2)c1. The van der Waals surface area contributed by atoms with Crippen LogP contribution in [0.3, 0.4) is 0 Å². The number of benzene rings is 1. The summed E-state index contributed by atoms with van der Waals surface area (Å²) in [5, 5.41) is -0.512. The molecule has 0 bridgehead atoms. The van der Waals surface area contributed by atoms with Crippen LogP contribution in [0.5, 0.6) is 0 Å². The number of rotatable bonds is 4. The van der Waals surface area contributed by atoms with Crippen molar-refractivity contribution in [3.05, 3.63) is 47.4 Å². The van der Waals surface area contributed by atoms with Gasteiger partial charge in [-0.25, -0.2) is 21.8 Å². The highest BCUT2D eigenvalue weighted by atomic mass is 35.5. The van der Waals surface area contributed by atoms with Crippen LogP contribution >= 0.6 is 11.6 Å². The standard InChI is InChI=1S/C17H22ClN3O4S2/c1-13(2)20-11-17(19-12-20)27(24,25)21-8-7-16(26(22,23)10-9-21)14-5-3-4-6-15(14)18/h3-6,11-13,16H,7-10H2,1-2H3. The molecule has 1 aromatic carbocycles. The predicted molar refractivity (Wildman–Crippen MR) is 104 cm³/mol. The van der Waals surface area contributed by atoms with Crippen molar-refractivity contribution in [1.29, 1.82) is 0 Å². The first-order valence-corrected chi connectivity index (χ1v) is 12.2. The molecule has 1 aliphatic heterocycles. The Hall–Kier alpha value is -1.42. The number of hydrogen-bond donors (Lipinski definition) is 0. The van der Waals surface area contributed by atoms with Crippen LogP contribution in [0.2, 0.25) is 5.02 Å². The fourth-order valence-electron chi connectivity index (χ4n) is 3.12. The third-order valence-electron chi connectivity index (χ3n) is 4.73. The summed E-state index contributed by atoms with van der Waals surface area (Å²) in [5.74, 6) is -0.257. The van der Waals surface area contributed by atoms with Crippen molar-refractivity contribution in [1.82, 2.24) is 13.9 Å². The number of sulfonamides is 1. The second-order valence-electron chi connectivity index (χ2n) is 6.82. The summed E-state index contributed by atoms with van der Waals surface area (Å²) in [5.41, 5.74) is 0.516. The van der Waals surface area contributed by atoms with Crippen LogP contribution in [0.25, 0.3) is 0 Å². The Morgan fingerprint density at radius 3 is 2.56 bits per heavy atom. The summed E-state index contributed by atoms with van der Waals surface area (Å²) in [6.07, 6.45) is 3.10. The number of imidazole rings is 1. The Morgan fingerprint density at radius 1 is 1.22 bits per heavy atom. The Labute approximate surface area is 164 Å². The summed E-state index contributed by atoms with van der Waals surface area (Å²) in [7, 11) is -7.40. The summed E-state index contributed by atoms with van der Waals surface area (Å²) >= 11 is 6.18. The molecule has 1 saturated heterocycles. The second-order valence-corrected chi connectivity index (χ2v) is 11.4. The molecule has 7 nitrogen and oxygen atoms in total. The molecule has 0 aliphatic carbocycles. The maximum Gasteiger partial charge on any atom is 0.262 e. The van der Waals surface area contributed by atoms with Crippen LogP contribution in [0, 0.1) is 0 Å². The highest BCUT2D eigenvalue weighted by Crippen LogP contribution is 2.34. The van der Waals surface area contributed by atoms with Crippen LogP contribution < -0.4 is 0 Å². The lowest BCUT2D eigenvalue weighted by Crippen LogP contribution is -2.33. The molecule has 10 heteroatoms. The molecular weight excluding hydrogens is 410 g/mol. The normalized spacial score (nSPS) is 21.3. The molecule has 27 heavy (non-hydrogen) atoms. The van der Waals surface area contributed by atoms with E-state index in [0.717, 1.165) is 0 Å². The summed E-state index contributed by atoms with van der Waals surface area (Å²) < 4.78 is 54.3. The number of nitrogens with zero attached hydrogens (tertiary/aromatic N) is 3. The van der Waals surface area contributed by atoms with Crippen molar-refractivity contribution >= 4 is 31.5 Å². The van der Waals surface area contributed by atoms with E-state index >= 15 is 0 Å². The van der Waals surface area contributed by atoms with E-state index in [9.17, 15) is 16.8 Å². The van der Waals surface area contributed by atoms with Crippen molar-refractivity contribution in [2.75, 3.05) is 18.8 Å². The zero-order valence-electron chi connectivity index (χ0n) is 15.1. The summed E-state index contributed by atoms with van der Waals surface area (Å²) in [4.78, 5) is 4.01. The number of hydrogen-bond acceptors (Lipinski definition) is 5. The van der Waals surface area contributed by atoms with Gasteiger partial charge in [-0.2, -0.15) is 4.31 Å². The van der Waals surface area contributed by atoms with Gasteiger partial charge in [-0.05, 0) is 31.9 Å². The van der Waals surface area contributed by atoms with Gasteiger partial charge in [0.1, 0.15) is 0 Å². The van der Waals surface area contributed by atoms with Gasteiger partial charge in [0.15, 0.2) is 14.9 Å². The van der Waals surface area contributed by atoms with Crippen LogP contribution in [-0.4, -0.2) is 49.5 Å². The van der Waals surface area contributed by atoms with Crippen LogP contribution in [0.1, 0.15) is 37.1 Å². The van der Waals surface area contributed by atoms with Crippen LogP contribution in [-0.2, 0) is 19.9 Å². The third-order valence-corrected chi connectivity index (χ3v) is 8.97. The fraction of sp³-hybridized carbons (Fsp3) is 0.471. The quantitative estimate of drug-likeness (QED) is 0.742. The number of aromatic nitrogens is 2. The van der Waals surface area contributed by atoms with Gasteiger partial charge in [0.05, 0.1) is 17.3 Å². The molecule has 148 valence electrons. The Balaban J connectivity index is 1.89. The summed E-state index contributed by atoms with van der Waals surface area (Å²) in [6.45, 7) is 3.84. The monoisotopic (exact) mass is 431 g/mol. The molecule has 3 rings (SSSR count). The zero-order chi connectivity index (χ0) is 19.8. The average molecular weight is 432 g/mol. The molecule has 0 amide bonds. The van der Waals surface area contributed by atoms with E-state index in [1.165, 1.54) is 16.8 Å². The van der Waals surface area contributed by atoms with Gasteiger partial charge in [0, 0.05) is 30.4 Å². The molecule has 2 heterocycles. The van der Waals surface area contributed by atoms with Crippen molar-refractivity contribution in [2.24, 2.45) is 0 Å². The topological polar surface area (TPSA) is 89.3 Å². The minimum atomic E-state index is -3.86. The molecule has 2 aromatic rings. The molecule has 1 fully saturated rings. The molecule has 1 unspecified atom stereocenters. The smallest absolute Gasteiger partial charge is 0.262 e. The van der Waals surface area contributed by atoms with E-state index in [0.29, 0.717) is 10.6 Å². The second kappa shape index (κ2) is 7.54. The van der Waals surface area contributed by atoms with E-state index in [1.54, 1.807) is 28.8 Å². The Morgan fingerprint density at radius 2 is 1.93 bits per heavy atom. The van der Waals surface area contributed by atoms with Crippen molar-refractivity contribution < 1.29 is 16.8 Å². The minimum Gasteiger partial charge on any atom is -0.334 e. The lowest BCUT2D eigenvalue weighted by molar-refractivity contribution is 0.426. The largest absolute Gasteiger partial charge is 0.334 e. The van der Waals surface area contributed by atoms with Gasteiger partial charge in [0.25, 0.3) is 10.0 Å². The zero-order valence-corrected chi connectivity index (χ0v) is 17.5. The molecule has 0 saturated carbocycles. The molecule has 1 aliphatic rings. The highest BCUT2D eigenvalue weighted by molar-refractivity contribution is 7.92. The molecule has 1 atom stereocenters. The summed E-state index contributed by atoms with van der Waals surface area (Å²) in [6, 6.07) is 6.87. The molecule has 1 aromatic heterocycles. The fourth-order valence-corrected chi connectivity index (χ4v) is 6.76. The first kappa shape index (κ1) is 20.3. The van der Waals surface area contributed by atoms with E-state index in [-0.39, 0.29) is 36.3 Å². The first-order chi connectivity index (χ1) is 12.6. The van der Waals surface area contributed by atoms with Gasteiger partial charge in [0.2, 0.25) is 0 Å². The Kier molecular flexibility index (Phi) is 5.67. The maximum absolute atomic E-state index is 12.9. The van der Waals surface area contributed by atoms with Gasteiger partial charge in [-0.15, -0.1) is 0 Å².